The van der Waals surface area contributed by atoms with Crippen molar-refractivity contribution in [3.05, 3.63) is 95.8 Å². The summed E-state index contributed by atoms with van der Waals surface area (Å²) in [7, 11) is 3.65. The summed E-state index contributed by atoms with van der Waals surface area (Å²) in [5, 5.41) is 1.05. The summed E-state index contributed by atoms with van der Waals surface area (Å²) in [5.74, 6) is 0.390. The molecule has 200 valence electrons. The smallest absolute Gasteiger partial charge is 0.254 e. The molecule has 39 heavy (non-hydrogen) atoms. The van der Waals surface area contributed by atoms with Crippen molar-refractivity contribution in [2.75, 3.05) is 51.3 Å². The zero-order chi connectivity index (χ0) is 26.9. The van der Waals surface area contributed by atoms with Gasteiger partial charge in [0.05, 0.1) is 18.6 Å². The minimum absolute atomic E-state index is 0.0518. The number of hydrogen-bond donors (Lipinski definition) is 0. The molecule has 2 unspecified atom stereocenters. The molecule has 0 N–H and O–H groups in total. The van der Waals surface area contributed by atoms with Crippen molar-refractivity contribution in [2.45, 2.75) is 12.0 Å². The number of aromatic nitrogens is 2. The molecule has 0 saturated carbocycles. The summed E-state index contributed by atoms with van der Waals surface area (Å²) in [6, 6.07) is 21.2. The lowest BCUT2D eigenvalue weighted by molar-refractivity contribution is -0.135. The highest BCUT2D eigenvalue weighted by Gasteiger charge is 2.46. The summed E-state index contributed by atoms with van der Waals surface area (Å²) in [5.41, 5.74) is 3.44. The lowest BCUT2D eigenvalue weighted by Gasteiger charge is -2.44. The fourth-order valence-corrected chi connectivity index (χ4v) is 6.14. The molecule has 8 nitrogen and oxygen atoms in total. The summed E-state index contributed by atoms with van der Waals surface area (Å²) in [6.07, 6.45) is 3.88. The molecule has 2 aromatic heterocycles. The largest absolute Gasteiger partial charge is 0.383 e. The van der Waals surface area contributed by atoms with Crippen LogP contribution >= 0.6 is 0 Å². The maximum atomic E-state index is 14.5. The van der Waals surface area contributed by atoms with Gasteiger partial charge < -0.3 is 24.0 Å². The topological polar surface area (TPSA) is 70.9 Å². The van der Waals surface area contributed by atoms with Crippen molar-refractivity contribution in [1.82, 2.24) is 19.4 Å². The zero-order valence-corrected chi connectivity index (χ0v) is 22.4. The standard InChI is InChI=1S/C31H33N5O3/c1-33-21-25(22-9-5-6-12-26(22)33)29-28(23-10-3-4-11-24(23)30(37)36(29)19-20-39-2)31(38)35-17-15-34(16-18-35)27-13-7-8-14-32-27/h3-14,21,28-29H,15-20H2,1-2H3. The highest BCUT2D eigenvalue weighted by atomic mass is 16.5. The van der Waals surface area contributed by atoms with Gasteiger partial charge in [-0.25, -0.2) is 4.98 Å². The number of pyridine rings is 1. The van der Waals surface area contributed by atoms with Crippen molar-refractivity contribution in [3.8, 4) is 0 Å². The van der Waals surface area contributed by atoms with Gasteiger partial charge in [0, 0.05) is 81.3 Å². The fraction of sp³-hybridized carbons (Fsp3) is 0.323. The van der Waals surface area contributed by atoms with Crippen molar-refractivity contribution in [3.63, 3.8) is 0 Å². The van der Waals surface area contributed by atoms with Gasteiger partial charge in [0.1, 0.15) is 5.82 Å². The lowest BCUT2D eigenvalue weighted by Crippen LogP contribution is -2.54. The van der Waals surface area contributed by atoms with Gasteiger partial charge in [0.25, 0.3) is 5.91 Å². The Morgan fingerprint density at radius 3 is 2.46 bits per heavy atom. The molecule has 6 rings (SSSR count). The zero-order valence-electron chi connectivity index (χ0n) is 22.4. The quantitative estimate of drug-likeness (QED) is 0.384. The van der Waals surface area contributed by atoms with Crippen LogP contribution < -0.4 is 4.90 Å². The predicted molar refractivity (Wildman–Crippen MR) is 151 cm³/mol. The molecule has 2 aliphatic heterocycles. The third-order valence-corrected chi connectivity index (χ3v) is 8.05. The Kier molecular flexibility index (Phi) is 6.79. The van der Waals surface area contributed by atoms with Crippen LogP contribution in [0.1, 0.15) is 33.4 Å². The van der Waals surface area contributed by atoms with E-state index < -0.39 is 12.0 Å². The molecule has 2 aromatic carbocycles. The number of para-hydroxylation sites is 1. The van der Waals surface area contributed by atoms with E-state index in [4.69, 9.17) is 4.74 Å². The second-order valence-corrected chi connectivity index (χ2v) is 10.2. The van der Waals surface area contributed by atoms with E-state index in [-0.39, 0.29) is 11.8 Å². The molecule has 4 aromatic rings. The van der Waals surface area contributed by atoms with Crippen LogP contribution in [0.25, 0.3) is 10.9 Å². The Bertz CT molecular complexity index is 1490. The molecular formula is C31H33N5O3. The predicted octanol–water partition coefficient (Wildman–Crippen LogP) is 3.85. The molecule has 1 saturated heterocycles. The van der Waals surface area contributed by atoms with Crippen molar-refractivity contribution >= 4 is 28.5 Å². The van der Waals surface area contributed by atoms with E-state index in [1.807, 2.05) is 71.4 Å². The van der Waals surface area contributed by atoms with E-state index >= 15 is 0 Å². The molecule has 8 heteroatoms. The molecule has 2 aliphatic rings. The Hall–Kier alpha value is -4.17. The summed E-state index contributed by atoms with van der Waals surface area (Å²) in [6.45, 7) is 3.41. The van der Waals surface area contributed by atoms with E-state index in [1.54, 1.807) is 13.3 Å². The van der Waals surface area contributed by atoms with Crippen LogP contribution in [0, 0.1) is 0 Å². The maximum Gasteiger partial charge on any atom is 0.254 e. The number of ether oxygens (including phenoxy) is 1. The number of carbonyl (C=O) groups is 2. The van der Waals surface area contributed by atoms with Crippen LogP contribution in [-0.4, -0.2) is 77.6 Å². The van der Waals surface area contributed by atoms with Gasteiger partial charge in [-0.3, -0.25) is 9.59 Å². The number of nitrogens with zero attached hydrogens (tertiary/aromatic N) is 5. The van der Waals surface area contributed by atoms with Crippen molar-refractivity contribution in [2.24, 2.45) is 7.05 Å². The molecule has 2 amide bonds. The van der Waals surface area contributed by atoms with Gasteiger partial charge in [0.15, 0.2) is 0 Å². The Balaban J connectivity index is 1.42. The minimum Gasteiger partial charge on any atom is -0.383 e. The van der Waals surface area contributed by atoms with Crippen LogP contribution in [0.5, 0.6) is 0 Å². The van der Waals surface area contributed by atoms with Gasteiger partial charge in [-0.15, -0.1) is 0 Å². The number of piperazine rings is 1. The van der Waals surface area contributed by atoms with E-state index in [2.05, 4.69) is 32.8 Å². The van der Waals surface area contributed by atoms with Crippen molar-refractivity contribution in [1.29, 1.82) is 0 Å². The first kappa shape index (κ1) is 25.1. The van der Waals surface area contributed by atoms with Crippen LogP contribution in [0.4, 0.5) is 5.82 Å². The SMILES string of the molecule is COCCN1C(=O)c2ccccc2C(C(=O)N2CCN(c3ccccn3)CC2)C1c1cn(C)c2ccccc12. The van der Waals surface area contributed by atoms with Gasteiger partial charge in [-0.05, 0) is 29.8 Å². The number of anilines is 1. The van der Waals surface area contributed by atoms with Crippen LogP contribution in [-0.2, 0) is 16.6 Å². The number of fused-ring (bicyclic) bond motifs is 2. The third kappa shape index (κ3) is 4.44. The average molecular weight is 524 g/mol. The first-order valence-electron chi connectivity index (χ1n) is 13.5. The second kappa shape index (κ2) is 10.5. The van der Waals surface area contributed by atoms with E-state index in [0.29, 0.717) is 44.9 Å². The lowest BCUT2D eigenvalue weighted by atomic mass is 9.78. The number of methoxy groups -OCH3 is 1. The number of amides is 2. The van der Waals surface area contributed by atoms with Gasteiger partial charge in [-0.2, -0.15) is 0 Å². The highest BCUT2D eigenvalue weighted by molar-refractivity contribution is 6.02. The number of benzene rings is 2. The van der Waals surface area contributed by atoms with E-state index in [9.17, 15) is 9.59 Å². The molecule has 0 radical (unpaired) electrons. The maximum absolute atomic E-state index is 14.5. The number of rotatable bonds is 6. The highest BCUT2D eigenvalue weighted by Crippen LogP contribution is 2.46. The molecule has 2 atom stereocenters. The van der Waals surface area contributed by atoms with Crippen LogP contribution in [0.3, 0.4) is 0 Å². The first-order chi connectivity index (χ1) is 19.1. The molecule has 0 spiro atoms. The fourth-order valence-electron chi connectivity index (χ4n) is 6.14. The number of hydrogen-bond acceptors (Lipinski definition) is 5. The Morgan fingerprint density at radius 1 is 0.949 bits per heavy atom. The van der Waals surface area contributed by atoms with Gasteiger partial charge in [-0.1, -0.05) is 42.5 Å². The molecule has 1 fully saturated rings. The summed E-state index contributed by atoms with van der Waals surface area (Å²) >= 11 is 0. The normalized spacial score (nSPS) is 19.4. The Labute approximate surface area is 228 Å². The van der Waals surface area contributed by atoms with Crippen LogP contribution in [0.15, 0.2) is 79.1 Å². The van der Waals surface area contributed by atoms with E-state index in [0.717, 1.165) is 27.8 Å². The first-order valence-corrected chi connectivity index (χ1v) is 13.5. The molecule has 4 heterocycles. The minimum atomic E-state index is -0.525. The number of carbonyl (C=O) groups excluding carboxylic acids is 2. The average Bonchev–Trinajstić information content (AvgIpc) is 3.32. The third-order valence-electron chi connectivity index (χ3n) is 8.05. The van der Waals surface area contributed by atoms with Gasteiger partial charge in [0.2, 0.25) is 5.91 Å². The van der Waals surface area contributed by atoms with E-state index in [1.165, 1.54) is 0 Å². The monoisotopic (exact) mass is 523 g/mol. The summed E-state index contributed by atoms with van der Waals surface area (Å²) < 4.78 is 7.50. The van der Waals surface area contributed by atoms with Crippen molar-refractivity contribution < 1.29 is 14.3 Å². The van der Waals surface area contributed by atoms with Crippen LogP contribution in [0.2, 0.25) is 0 Å². The molecule has 0 bridgehead atoms. The Morgan fingerprint density at radius 2 is 1.69 bits per heavy atom. The molecular weight excluding hydrogens is 490 g/mol. The van der Waals surface area contributed by atoms with Gasteiger partial charge >= 0.3 is 0 Å². The summed E-state index contributed by atoms with van der Waals surface area (Å²) in [4.78, 5) is 39.0. The second-order valence-electron chi connectivity index (χ2n) is 10.2. The number of aryl methyl sites for hydroxylation is 1. The molecule has 0 aliphatic carbocycles.